The zero-order valence-corrected chi connectivity index (χ0v) is 56.7. The third-order valence-corrected chi connectivity index (χ3v) is 18.3. The van der Waals surface area contributed by atoms with Crippen molar-refractivity contribution < 1.29 is 24.5 Å². The average Bonchev–Trinajstić information content (AvgIpc) is 3.48. The number of hydrogen-bond donors (Lipinski definition) is 3. The van der Waals surface area contributed by atoms with Gasteiger partial charge in [-0.2, -0.15) is 0 Å². The first-order chi connectivity index (χ1) is 41.0. The number of aliphatic hydroxyl groups excluding tert-OH is 2. The van der Waals surface area contributed by atoms with Gasteiger partial charge in [-0.25, -0.2) is 0 Å². The highest BCUT2D eigenvalue weighted by atomic mass is 16.5. The second-order valence-electron chi connectivity index (χ2n) is 26.7. The smallest absolute Gasteiger partial charge is 0.305 e. The molecule has 0 fully saturated rings. The standard InChI is InChI=1S/C77H151NO5/c1-3-5-7-9-11-13-15-17-19-20-21-33-36-39-42-45-49-53-57-61-65-69-75(80)74(73-79)78-76(81)70-66-62-58-54-50-46-43-40-37-34-31-29-27-25-23-22-24-26-28-30-32-35-38-41-44-48-52-56-60-64-68-72-83-77(82)71-67-63-59-55-51-47-18-16-14-12-10-8-6-4-2/h65,69,74-75,79-80H,3-64,66-68,70-73H2,1-2H3,(H,78,81)/b69-65+. The van der Waals surface area contributed by atoms with Gasteiger partial charge in [-0.05, 0) is 32.1 Å². The summed E-state index contributed by atoms with van der Waals surface area (Å²) in [6.07, 6.45) is 91.8. The van der Waals surface area contributed by atoms with Crippen LogP contribution in [0.25, 0.3) is 0 Å². The van der Waals surface area contributed by atoms with Crippen LogP contribution in [0.15, 0.2) is 12.2 Å². The Morgan fingerprint density at radius 1 is 0.325 bits per heavy atom. The molecule has 3 N–H and O–H groups in total. The summed E-state index contributed by atoms with van der Waals surface area (Å²) >= 11 is 0. The fraction of sp³-hybridized carbons (Fsp3) is 0.948. The maximum atomic E-state index is 12.5. The van der Waals surface area contributed by atoms with Crippen molar-refractivity contribution in [2.75, 3.05) is 13.2 Å². The van der Waals surface area contributed by atoms with Crippen LogP contribution in [0.4, 0.5) is 0 Å². The van der Waals surface area contributed by atoms with Gasteiger partial charge in [-0.15, -0.1) is 0 Å². The second-order valence-corrected chi connectivity index (χ2v) is 26.7. The van der Waals surface area contributed by atoms with Crippen LogP contribution < -0.4 is 5.32 Å². The van der Waals surface area contributed by atoms with Crippen LogP contribution in [0.1, 0.15) is 444 Å². The summed E-state index contributed by atoms with van der Waals surface area (Å²) < 4.78 is 5.50. The summed E-state index contributed by atoms with van der Waals surface area (Å²) in [4.78, 5) is 24.6. The minimum atomic E-state index is -0.842. The normalized spacial score (nSPS) is 12.5. The monoisotopic (exact) mass is 1170 g/mol. The highest BCUT2D eigenvalue weighted by Crippen LogP contribution is 2.20. The van der Waals surface area contributed by atoms with Gasteiger partial charge in [-0.1, -0.05) is 411 Å². The first-order valence-electron chi connectivity index (χ1n) is 38.5. The first-order valence-corrected chi connectivity index (χ1v) is 38.5. The van der Waals surface area contributed by atoms with E-state index in [0.29, 0.717) is 19.4 Å². The summed E-state index contributed by atoms with van der Waals surface area (Å²) in [7, 11) is 0. The largest absolute Gasteiger partial charge is 0.466 e. The Morgan fingerprint density at radius 2 is 0.554 bits per heavy atom. The van der Waals surface area contributed by atoms with Crippen molar-refractivity contribution in [2.24, 2.45) is 0 Å². The molecule has 1 amide bonds. The number of allylic oxidation sites excluding steroid dienone is 1. The number of rotatable bonds is 73. The van der Waals surface area contributed by atoms with Crippen molar-refractivity contribution in [3.63, 3.8) is 0 Å². The Balaban J connectivity index is 3.34. The molecule has 0 aliphatic carbocycles. The molecule has 0 aromatic heterocycles. The lowest BCUT2D eigenvalue weighted by atomic mass is 10.0. The van der Waals surface area contributed by atoms with Crippen LogP contribution >= 0.6 is 0 Å². The van der Waals surface area contributed by atoms with Crippen molar-refractivity contribution in [1.82, 2.24) is 5.32 Å². The van der Waals surface area contributed by atoms with Crippen molar-refractivity contribution in [3.8, 4) is 0 Å². The third-order valence-electron chi connectivity index (χ3n) is 18.3. The Hall–Kier alpha value is -1.40. The van der Waals surface area contributed by atoms with Crippen LogP contribution in [0.3, 0.4) is 0 Å². The quantitative estimate of drug-likeness (QED) is 0.0320. The summed E-state index contributed by atoms with van der Waals surface area (Å²) in [5.74, 6) is -0.0348. The summed E-state index contributed by atoms with van der Waals surface area (Å²) in [6.45, 7) is 4.96. The van der Waals surface area contributed by atoms with Gasteiger partial charge in [-0.3, -0.25) is 9.59 Å². The van der Waals surface area contributed by atoms with Crippen molar-refractivity contribution in [3.05, 3.63) is 12.2 Å². The molecule has 0 heterocycles. The number of nitrogens with one attached hydrogen (secondary N) is 1. The van der Waals surface area contributed by atoms with Gasteiger partial charge in [0.2, 0.25) is 5.91 Å². The van der Waals surface area contributed by atoms with Crippen molar-refractivity contribution >= 4 is 11.9 Å². The molecule has 83 heavy (non-hydrogen) atoms. The zero-order valence-electron chi connectivity index (χ0n) is 56.7. The van der Waals surface area contributed by atoms with E-state index in [0.717, 1.165) is 38.5 Å². The maximum Gasteiger partial charge on any atom is 0.305 e. The summed E-state index contributed by atoms with van der Waals surface area (Å²) in [6, 6.07) is -0.625. The number of ether oxygens (including phenoxy) is 1. The molecule has 0 aromatic carbocycles. The molecule has 0 aromatic rings. The van der Waals surface area contributed by atoms with E-state index in [1.54, 1.807) is 6.08 Å². The van der Waals surface area contributed by atoms with Crippen LogP contribution in [-0.4, -0.2) is 47.4 Å². The molecule has 2 atom stereocenters. The van der Waals surface area contributed by atoms with Gasteiger partial charge >= 0.3 is 5.97 Å². The average molecular weight is 1170 g/mol. The molecule has 0 saturated heterocycles. The van der Waals surface area contributed by atoms with Crippen LogP contribution in [0, 0.1) is 0 Å². The third kappa shape index (κ3) is 69.6. The minimum absolute atomic E-state index is 0.0238. The molecule has 0 spiro atoms. The lowest BCUT2D eigenvalue weighted by Gasteiger charge is -2.20. The molecular formula is C77H151NO5. The number of carbonyl (C=O) groups excluding carboxylic acids is 2. The number of aliphatic hydroxyl groups is 2. The molecule has 0 saturated carbocycles. The van der Waals surface area contributed by atoms with Gasteiger partial charge in [0.1, 0.15) is 0 Å². The van der Waals surface area contributed by atoms with Crippen LogP contribution in [0.2, 0.25) is 0 Å². The van der Waals surface area contributed by atoms with Crippen LogP contribution in [0.5, 0.6) is 0 Å². The molecular weight excluding hydrogens is 1020 g/mol. The number of hydrogen-bond acceptors (Lipinski definition) is 5. The van der Waals surface area contributed by atoms with Gasteiger partial charge < -0.3 is 20.3 Å². The second kappa shape index (κ2) is 73.1. The molecule has 0 radical (unpaired) electrons. The molecule has 2 unspecified atom stereocenters. The molecule has 0 rings (SSSR count). The first kappa shape index (κ1) is 81.6. The molecule has 0 aliphatic rings. The van der Waals surface area contributed by atoms with Gasteiger partial charge in [0.25, 0.3) is 0 Å². The number of unbranched alkanes of at least 4 members (excludes halogenated alkanes) is 62. The SMILES string of the molecule is CCCCCCCCCCCCCCCCCCCCC/C=C/C(O)C(CO)NC(=O)CCCCCCCCCCCCCCCCCCCCCCCCCCCCCCCCCOC(=O)CCCCCCCCCCCCCCCC. The van der Waals surface area contributed by atoms with E-state index < -0.39 is 12.1 Å². The molecule has 494 valence electrons. The van der Waals surface area contributed by atoms with E-state index in [1.807, 2.05) is 6.08 Å². The van der Waals surface area contributed by atoms with Gasteiger partial charge in [0, 0.05) is 12.8 Å². The fourth-order valence-corrected chi connectivity index (χ4v) is 12.5. The van der Waals surface area contributed by atoms with E-state index in [1.165, 1.54) is 379 Å². The topological polar surface area (TPSA) is 95.9 Å². The predicted molar refractivity (Wildman–Crippen MR) is 366 cm³/mol. The lowest BCUT2D eigenvalue weighted by Crippen LogP contribution is -2.45. The van der Waals surface area contributed by atoms with Gasteiger partial charge in [0.05, 0.1) is 25.4 Å². The number of amides is 1. The molecule has 0 aliphatic heterocycles. The summed E-state index contributed by atoms with van der Waals surface area (Å²) in [5, 5.41) is 23.3. The Kier molecular flexibility index (Phi) is 71.8. The maximum absolute atomic E-state index is 12.5. The minimum Gasteiger partial charge on any atom is -0.466 e. The van der Waals surface area contributed by atoms with Gasteiger partial charge in [0.15, 0.2) is 0 Å². The fourth-order valence-electron chi connectivity index (χ4n) is 12.5. The van der Waals surface area contributed by atoms with E-state index >= 15 is 0 Å². The number of carbonyl (C=O) groups is 2. The van der Waals surface area contributed by atoms with E-state index in [-0.39, 0.29) is 18.5 Å². The Labute approximate surface area is 520 Å². The predicted octanol–water partition coefficient (Wildman–Crippen LogP) is 25.1. The Morgan fingerprint density at radius 3 is 0.819 bits per heavy atom. The van der Waals surface area contributed by atoms with Crippen LogP contribution in [-0.2, 0) is 14.3 Å². The molecule has 0 bridgehead atoms. The van der Waals surface area contributed by atoms with E-state index in [4.69, 9.17) is 4.74 Å². The van der Waals surface area contributed by atoms with Crippen molar-refractivity contribution in [1.29, 1.82) is 0 Å². The Bertz CT molecular complexity index is 1260. The molecule has 6 heteroatoms. The zero-order chi connectivity index (χ0) is 59.9. The summed E-state index contributed by atoms with van der Waals surface area (Å²) in [5.41, 5.74) is 0. The number of esters is 1. The molecule has 6 nitrogen and oxygen atoms in total. The highest BCUT2D eigenvalue weighted by molar-refractivity contribution is 5.76. The van der Waals surface area contributed by atoms with Crippen molar-refractivity contribution in [2.45, 2.75) is 456 Å². The van der Waals surface area contributed by atoms with E-state index in [9.17, 15) is 19.8 Å². The highest BCUT2D eigenvalue weighted by Gasteiger charge is 2.18. The lowest BCUT2D eigenvalue weighted by molar-refractivity contribution is -0.143. The van der Waals surface area contributed by atoms with E-state index in [2.05, 4.69) is 19.2 Å².